The molecule has 0 atom stereocenters. The van der Waals surface area contributed by atoms with Crippen LogP contribution in [0.4, 0.5) is 0 Å². The second-order valence-corrected chi connectivity index (χ2v) is 5.61. The molecular weight excluding hydrogens is 303 g/mol. The Kier molecular flexibility index (Phi) is 5.05. The summed E-state index contributed by atoms with van der Waals surface area (Å²) in [5.41, 5.74) is 1.67. The molecule has 0 aliphatic heterocycles. The zero-order valence-corrected chi connectivity index (χ0v) is 13.0. The third-order valence-corrected chi connectivity index (χ3v) is 3.93. The van der Waals surface area contributed by atoms with Crippen LogP contribution in [0.1, 0.15) is 11.9 Å². The minimum Gasteiger partial charge on any atom is -0.492 e. The molecule has 1 aromatic heterocycles. The van der Waals surface area contributed by atoms with Crippen molar-refractivity contribution >= 4 is 34.5 Å². The molecule has 1 N–H and O–H groups in total. The van der Waals surface area contributed by atoms with Crippen LogP contribution in [0.3, 0.4) is 0 Å². The molecule has 3 nitrogen and oxygen atoms in total. The van der Waals surface area contributed by atoms with Crippen molar-refractivity contribution in [1.29, 1.82) is 0 Å². The molecule has 1 heterocycles. The van der Waals surface area contributed by atoms with Crippen molar-refractivity contribution in [2.24, 2.45) is 0 Å². The maximum atomic E-state index is 6.27. The number of hydrogen-bond donors (Lipinski definition) is 1. The second-order valence-electron chi connectivity index (χ2n) is 3.85. The topological polar surface area (TPSA) is 34.1 Å². The quantitative estimate of drug-likeness (QED) is 0.896. The van der Waals surface area contributed by atoms with Crippen molar-refractivity contribution in [1.82, 2.24) is 10.3 Å². The third kappa shape index (κ3) is 3.39. The maximum absolute atomic E-state index is 6.27. The maximum Gasteiger partial charge on any atom is 0.139 e. The van der Waals surface area contributed by atoms with Crippen LogP contribution in [0.25, 0.3) is 11.3 Å². The minimum atomic E-state index is 0.546. The average Bonchev–Trinajstić information content (AvgIpc) is 2.82. The van der Waals surface area contributed by atoms with Gasteiger partial charge in [0, 0.05) is 23.6 Å². The van der Waals surface area contributed by atoms with E-state index in [1.54, 1.807) is 23.5 Å². The molecular formula is C13H14Cl2N2OS. The van der Waals surface area contributed by atoms with E-state index in [2.05, 4.69) is 10.3 Å². The lowest BCUT2D eigenvalue weighted by atomic mass is 10.1. The van der Waals surface area contributed by atoms with Crippen molar-refractivity contribution in [3.05, 3.63) is 32.6 Å². The van der Waals surface area contributed by atoms with Gasteiger partial charge in [-0.1, -0.05) is 23.2 Å². The number of rotatable bonds is 5. The van der Waals surface area contributed by atoms with Crippen LogP contribution in [0.5, 0.6) is 5.75 Å². The molecule has 102 valence electrons. The Bertz CT molecular complexity index is 572. The van der Waals surface area contributed by atoms with E-state index in [4.69, 9.17) is 27.9 Å². The van der Waals surface area contributed by atoms with Gasteiger partial charge in [0.25, 0.3) is 0 Å². The Balaban J connectivity index is 2.36. The fourth-order valence-electron chi connectivity index (χ4n) is 1.66. The van der Waals surface area contributed by atoms with E-state index in [0.29, 0.717) is 22.4 Å². The summed E-state index contributed by atoms with van der Waals surface area (Å²) in [4.78, 5) is 4.52. The number of nitrogens with zero attached hydrogens (tertiary/aromatic N) is 1. The third-order valence-electron chi connectivity index (χ3n) is 2.48. The van der Waals surface area contributed by atoms with Gasteiger partial charge >= 0.3 is 0 Å². The molecule has 0 unspecified atom stereocenters. The molecule has 0 saturated carbocycles. The number of halogens is 2. The molecule has 0 bridgehead atoms. The van der Waals surface area contributed by atoms with Crippen molar-refractivity contribution in [3.63, 3.8) is 0 Å². The van der Waals surface area contributed by atoms with Gasteiger partial charge in [-0.05, 0) is 20.0 Å². The summed E-state index contributed by atoms with van der Waals surface area (Å²) in [5.74, 6) is 0.601. The molecule has 0 saturated heterocycles. The molecule has 2 aromatic rings. The van der Waals surface area contributed by atoms with Gasteiger partial charge in [-0.2, -0.15) is 0 Å². The van der Waals surface area contributed by atoms with E-state index in [1.165, 1.54) is 0 Å². The van der Waals surface area contributed by atoms with Crippen LogP contribution in [0.2, 0.25) is 10.0 Å². The molecule has 0 spiro atoms. The zero-order valence-electron chi connectivity index (χ0n) is 10.7. The summed E-state index contributed by atoms with van der Waals surface area (Å²) < 4.78 is 5.41. The monoisotopic (exact) mass is 316 g/mol. The summed E-state index contributed by atoms with van der Waals surface area (Å²) in [6.07, 6.45) is 0. The van der Waals surface area contributed by atoms with Crippen LogP contribution in [-0.2, 0) is 6.54 Å². The fourth-order valence-corrected chi connectivity index (χ4v) is 2.93. The van der Waals surface area contributed by atoms with Crippen molar-refractivity contribution in [2.75, 3.05) is 13.7 Å². The number of ether oxygens (including phenoxy) is 1. The second kappa shape index (κ2) is 6.57. The highest BCUT2D eigenvalue weighted by atomic mass is 35.5. The number of thiazole rings is 1. The number of aromatic nitrogens is 1. The van der Waals surface area contributed by atoms with E-state index in [0.717, 1.165) is 22.8 Å². The number of hydrogen-bond acceptors (Lipinski definition) is 4. The Morgan fingerprint density at radius 2 is 2.11 bits per heavy atom. The van der Waals surface area contributed by atoms with Crippen LogP contribution in [-0.4, -0.2) is 18.6 Å². The first-order valence-electron chi connectivity index (χ1n) is 5.87. The molecule has 0 aliphatic rings. The van der Waals surface area contributed by atoms with Crippen molar-refractivity contribution in [3.8, 4) is 17.0 Å². The van der Waals surface area contributed by atoms with Gasteiger partial charge in [-0.15, -0.1) is 11.3 Å². The predicted octanol–water partition coefficient (Wildman–Crippen LogP) is 4.24. The molecule has 1 aromatic carbocycles. The molecule has 0 aliphatic carbocycles. The van der Waals surface area contributed by atoms with Gasteiger partial charge in [-0.25, -0.2) is 4.98 Å². The van der Waals surface area contributed by atoms with Crippen LogP contribution < -0.4 is 10.1 Å². The standard InChI is InChI=1S/C13H14Cl2N2OS/c1-3-18-12-5-9(14)8(4-10(12)15)11-7-19-13(17-11)6-16-2/h4-5,7,16H,3,6H2,1-2H3. The van der Waals surface area contributed by atoms with Crippen molar-refractivity contribution in [2.45, 2.75) is 13.5 Å². The summed E-state index contributed by atoms with van der Waals surface area (Å²) in [6.45, 7) is 3.20. The highest BCUT2D eigenvalue weighted by Crippen LogP contribution is 2.37. The predicted molar refractivity (Wildman–Crippen MR) is 81.5 cm³/mol. The van der Waals surface area contributed by atoms with Gasteiger partial charge in [-0.3, -0.25) is 0 Å². The smallest absolute Gasteiger partial charge is 0.139 e. The Morgan fingerprint density at radius 1 is 1.32 bits per heavy atom. The highest BCUT2D eigenvalue weighted by molar-refractivity contribution is 7.09. The lowest BCUT2D eigenvalue weighted by Crippen LogP contribution is -2.04. The minimum absolute atomic E-state index is 0.546. The summed E-state index contributed by atoms with van der Waals surface area (Å²) in [6, 6.07) is 3.53. The Morgan fingerprint density at radius 3 is 2.79 bits per heavy atom. The van der Waals surface area contributed by atoms with E-state index < -0.39 is 0 Å². The molecule has 19 heavy (non-hydrogen) atoms. The molecule has 2 rings (SSSR count). The average molecular weight is 317 g/mol. The fraction of sp³-hybridized carbons (Fsp3) is 0.308. The molecule has 0 radical (unpaired) electrons. The van der Waals surface area contributed by atoms with Crippen LogP contribution >= 0.6 is 34.5 Å². The van der Waals surface area contributed by atoms with E-state index in [1.807, 2.05) is 19.4 Å². The SMILES string of the molecule is CCOc1cc(Cl)c(-c2csc(CNC)n2)cc1Cl. The molecule has 6 heteroatoms. The first-order valence-corrected chi connectivity index (χ1v) is 7.50. The van der Waals surface area contributed by atoms with Crippen LogP contribution in [0.15, 0.2) is 17.5 Å². The van der Waals surface area contributed by atoms with E-state index in [9.17, 15) is 0 Å². The van der Waals surface area contributed by atoms with Gasteiger partial charge in [0.2, 0.25) is 0 Å². The zero-order chi connectivity index (χ0) is 13.8. The van der Waals surface area contributed by atoms with Crippen molar-refractivity contribution < 1.29 is 4.74 Å². The molecule has 0 amide bonds. The first-order chi connectivity index (χ1) is 9.15. The summed E-state index contributed by atoms with van der Waals surface area (Å²) >= 11 is 14.0. The summed E-state index contributed by atoms with van der Waals surface area (Å²) in [7, 11) is 1.89. The van der Waals surface area contributed by atoms with Gasteiger partial charge in [0.15, 0.2) is 0 Å². The van der Waals surface area contributed by atoms with E-state index in [-0.39, 0.29) is 0 Å². The molecule has 0 fully saturated rings. The largest absolute Gasteiger partial charge is 0.492 e. The number of benzene rings is 1. The van der Waals surface area contributed by atoms with Crippen LogP contribution in [0, 0.1) is 0 Å². The lowest BCUT2D eigenvalue weighted by molar-refractivity contribution is 0.340. The Labute approximate surface area is 126 Å². The Hall–Kier alpha value is -0.810. The number of nitrogens with one attached hydrogen (secondary N) is 1. The normalized spacial score (nSPS) is 10.7. The lowest BCUT2D eigenvalue weighted by Gasteiger charge is -2.08. The highest BCUT2D eigenvalue weighted by Gasteiger charge is 2.12. The first kappa shape index (κ1) is 14.6. The van der Waals surface area contributed by atoms with Gasteiger partial charge < -0.3 is 10.1 Å². The summed E-state index contributed by atoms with van der Waals surface area (Å²) in [5, 5.41) is 7.20. The van der Waals surface area contributed by atoms with E-state index >= 15 is 0 Å². The van der Waals surface area contributed by atoms with Gasteiger partial charge in [0.1, 0.15) is 10.8 Å². The van der Waals surface area contributed by atoms with Gasteiger partial charge in [0.05, 0.1) is 22.3 Å².